The van der Waals surface area contributed by atoms with Gasteiger partial charge in [0.2, 0.25) is 0 Å². The molecule has 0 saturated heterocycles. The maximum atomic E-state index is 4.72. The lowest BCUT2D eigenvalue weighted by molar-refractivity contribution is 0.310. The molecule has 2 heterocycles. The third kappa shape index (κ3) is 1.51. The highest BCUT2D eigenvalue weighted by molar-refractivity contribution is 5.79. The van der Waals surface area contributed by atoms with E-state index in [-0.39, 0.29) is 0 Å². The van der Waals surface area contributed by atoms with Crippen LogP contribution >= 0.6 is 0 Å². The van der Waals surface area contributed by atoms with Gasteiger partial charge in [0.15, 0.2) is 0 Å². The van der Waals surface area contributed by atoms with Crippen molar-refractivity contribution in [2.75, 3.05) is 13.6 Å². The molecule has 0 atom stereocenters. The third-order valence-corrected chi connectivity index (χ3v) is 3.06. The summed E-state index contributed by atoms with van der Waals surface area (Å²) in [4.78, 5) is 7.07. The minimum absolute atomic E-state index is 1.03. The van der Waals surface area contributed by atoms with Gasteiger partial charge in [-0.05, 0) is 24.7 Å². The van der Waals surface area contributed by atoms with Crippen molar-refractivity contribution in [3.8, 4) is 0 Å². The molecule has 0 N–H and O–H groups in total. The molecule has 0 saturated carbocycles. The maximum Gasteiger partial charge on any atom is 0.0705 e. The molecular weight excluding hydrogens is 184 g/mol. The van der Waals surface area contributed by atoms with Crippen molar-refractivity contribution in [2.45, 2.75) is 13.0 Å². The number of hydrogen-bond acceptors (Lipinski definition) is 2. The van der Waals surface area contributed by atoms with E-state index in [0.717, 1.165) is 25.0 Å². The van der Waals surface area contributed by atoms with Gasteiger partial charge in [0, 0.05) is 30.6 Å². The Labute approximate surface area is 89.5 Å². The number of benzene rings is 1. The Balaban J connectivity index is 2.20. The minimum Gasteiger partial charge on any atom is -0.302 e. The predicted octanol–water partition coefficient (Wildman–Crippen LogP) is 2.22. The van der Waals surface area contributed by atoms with Crippen LogP contribution in [0.3, 0.4) is 0 Å². The highest BCUT2D eigenvalue weighted by Crippen LogP contribution is 2.21. The van der Waals surface area contributed by atoms with E-state index in [2.05, 4.69) is 42.3 Å². The van der Waals surface area contributed by atoms with E-state index < -0.39 is 0 Å². The quantitative estimate of drug-likeness (QED) is 0.645. The summed E-state index contributed by atoms with van der Waals surface area (Å²) >= 11 is 0. The third-order valence-electron chi connectivity index (χ3n) is 3.06. The molecule has 2 nitrogen and oxygen atoms in total. The Hall–Kier alpha value is -1.41. The number of para-hydroxylation sites is 1. The molecule has 2 aromatic rings. The first-order valence-electron chi connectivity index (χ1n) is 5.39. The fourth-order valence-electron chi connectivity index (χ4n) is 2.22. The van der Waals surface area contributed by atoms with Gasteiger partial charge in [-0.15, -0.1) is 0 Å². The molecule has 0 radical (unpaired) electrons. The van der Waals surface area contributed by atoms with Crippen LogP contribution in [0, 0.1) is 0 Å². The smallest absolute Gasteiger partial charge is 0.0705 e. The first kappa shape index (κ1) is 8.86. The molecular formula is C13H14N2. The average molecular weight is 198 g/mol. The molecule has 1 aliphatic rings. The van der Waals surface area contributed by atoms with Gasteiger partial charge in [-0.25, -0.2) is 0 Å². The van der Waals surface area contributed by atoms with E-state index in [1.54, 1.807) is 0 Å². The SMILES string of the molecule is CN1CCc2nc3ccccc3cc2C1. The zero-order valence-corrected chi connectivity index (χ0v) is 8.90. The van der Waals surface area contributed by atoms with Crippen molar-refractivity contribution in [1.82, 2.24) is 9.88 Å². The van der Waals surface area contributed by atoms with E-state index in [9.17, 15) is 0 Å². The Morgan fingerprint density at radius 2 is 2.13 bits per heavy atom. The molecule has 0 bridgehead atoms. The molecule has 1 aromatic carbocycles. The molecule has 0 aliphatic carbocycles. The van der Waals surface area contributed by atoms with Crippen molar-refractivity contribution >= 4 is 10.9 Å². The van der Waals surface area contributed by atoms with E-state index >= 15 is 0 Å². The number of fused-ring (bicyclic) bond motifs is 2. The summed E-state index contributed by atoms with van der Waals surface area (Å²) < 4.78 is 0. The summed E-state index contributed by atoms with van der Waals surface area (Å²) in [5.41, 5.74) is 3.80. The molecule has 0 spiro atoms. The van der Waals surface area contributed by atoms with Crippen molar-refractivity contribution in [3.05, 3.63) is 41.6 Å². The Bertz CT molecular complexity index is 505. The predicted molar refractivity (Wildman–Crippen MR) is 61.8 cm³/mol. The van der Waals surface area contributed by atoms with E-state index in [1.807, 2.05) is 0 Å². The number of likely N-dealkylation sites (N-methyl/N-ethyl adjacent to an activating group) is 1. The van der Waals surface area contributed by atoms with Gasteiger partial charge in [0.25, 0.3) is 0 Å². The number of pyridine rings is 1. The van der Waals surface area contributed by atoms with E-state index in [0.29, 0.717) is 0 Å². The largest absolute Gasteiger partial charge is 0.302 e. The number of hydrogen-bond donors (Lipinski definition) is 0. The summed E-state index contributed by atoms with van der Waals surface area (Å²) in [5.74, 6) is 0. The summed E-state index contributed by atoms with van der Waals surface area (Å²) in [7, 11) is 2.16. The lowest BCUT2D eigenvalue weighted by Gasteiger charge is -2.24. The van der Waals surface area contributed by atoms with Crippen LogP contribution in [0.15, 0.2) is 30.3 Å². The second-order valence-corrected chi connectivity index (χ2v) is 4.27. The fraction of sp³-hybridized carbons (Fsp3) is 0.308. The normalized spacial score (nSPS) is 16.6. The van der Waals surface area contributed by atoms with E-state index in [1.165, 1.54) is 16.6 Å². The molecule has 0 amide bonds. The molecule has 1 aliphatic heterocycles. The lowest BCUT2D eigenvalue weighted by atomic mass is 10.0. The Kier molecular flexibility index (Phi) is 1.96. The van der Waals surface area contributed by atoms with Crippen LogP contribution in [0.1, 0.15) is 11.3 Å². The monoisotopic (exact) mass is 198 g/mol. The van der Waals surface area contributed by atoms with Crippen molar-refractivity contribution in [2.24, 2.45) is 0 Å². The van der Waals surface area contributed by atoms with Gasteiger partial charge in [0.1, 0.15) is 0 Å². The highest BCUT2D eigenvalue weighted by atomic mass is 15.1. The van der Waals surface area contributed by atoms with Crippen molar-refractivity contribution < 1.29 is 0 Å². The second-order valence-electron chi connectivity index (χ2n) is 4.27. The van der Waals surface area contributed by atoms with Crippen LogP contribution in [0.25, 0.3) is 10.9 Å². The van der Waals surface area contributed by atoms with E-state index in [4.69, 9.17) is 4.98 Å². The summed E-state index contributed by atoms with van der Waals surface area (Å²) in [6, 6.07) is 10.6. The van der Waals surface area contributed by atoms with Crippen LogP contribution in [0.5, 0.6) is 0 Å². The molecule has 76 valence electrons. The number of rotatable bonds is 0. The van der Waals surface area contributed by atoms with Crippen molar-refractivity contribution in [1.29, 1.82) is 0 Å². The fourth-order valence-corrected chi connectivity index (χ4v) is 2.22. The Morgan fingerprint density at radius 1 is 1.27 bits per heavy atom. The summed E-state index contributed by atoms with van der Waals surface area (Å²) in [6.07, 6.45) is 1.08. The van der Waals surface area contributed by atoms with Crippen LogP contribution in [0.4, 0.5) is 0 Å². The van der Waals surface area contributed by atoms with Gasteiger partial charge >= 0.3 is 0 Å². The molecule has 3 rings (SSSR count). The van der Waals surface area contributed by atoms with Crippen LogP contribution in [0.2, 0.25) is 0 Å². The van der Waals surface area contributed by atoms with Crippen LogP contribution in [-0.4, -0.2) is 23.5 Å². The first-order valence-corrected chi connectivity index (χ1v) is 5.39. The average Bonchev–Trinajstić information content (AvgIpc) is 2.26. The lowest BCUT2D eigenvalue weighted by Crippen LogP contribution is -2.27. The molecule has 0 fully saturated rings. The van der Waals surface area contributed by atoms with Gasteiger partial charge in [-0.3, -0.25) is 4.98 Å². The van der Waals surface area contributed by atoms with Gasteiger partial charge < -0.3 is 4.90 Å². The van der Waals surface area contributed by atoms with Gasteiger partial charge in [0.05, 0.1) is 5.52 Å². The Morgan fingerprint density at radius 3 is 3.07 bits per heavy atom. The molecule has 0 unspecified atom stereocenters. The molecule has 15 heavy (non-hydrogen) atoms. The summed E-state index contributed by atoms with van der Waals surface area (Å²) in [5, 5.41) is 1.26. The maximum absolute atomic E-state index is 4.72. The topological polar surface area (TPSA) is 16.1 Å². The number of nitrogens with zero attached hydrogens (tertiary/aromatic N) is 2. The van der Waals surface area contributed by atoms with Gasteiger partial charge in [-0.1, -0.05) is 18.2 Å². The zero-order chi connectivity index (χ0) is 10.3. The standard InChI is InChI=1S/C13H14N2/c1-15-7-6-13-11(9-15)8-10-4-2-3-5-12(10)14-13/h2-5,8H,6-7,9H2,1H3. The summed E-state index contributed by atoms with van der Waals surface area (Å²) in [6.45, 7) is 2.16. The van der Waals surface area contributed by atoms with Crippen molar-refractivity contribution in [3.63, 3.8) is 0 Å². The van der Waals surface area contributed by atoms with Gasteiger partial charge in [-0.2, -0.15) is 0 Å². The second kappa shape index (κ2) is 3.31. The minimum atomic E-state index is 1.03. The highest BCUT2D eigenvalue weighted by Gasteiger charge is 2.14. The first-order chi connectivity index (χ1) is 7.33. The molecule has 2 heteroatoms. The number of aromatic nitrogens is 1. The van der Waals surface area contributed by atoms with Crippen LogP contribution < -0.4 is 0 Å². The zero-order valence-electron chi connectivity index (χ0n) is 8.90. The van der Waals surface area contributed by atoms with Crippen LogP contribution in [-0.2, 0) is 13.0 Å². The molecule has 1 aromatic heterocycles.